The first-order valence-electron chi connectivity index (χ1n) is 7.05. The van der Waals surface area contributed by atoms with Gasteiger partial charge in [-0.2, -0.15) is 0 Å². The van der Waals surface area contributed by atoms with Crippen LogP contribution < -0.4 is 5.32 Å². The SMILES string of the molecule is CC.CCCCCOCCCNCC(C)C. The highest BCUT2D eigenvalue weighted by molar-refractivity contribution is 4.50. The van der Waals surface area contributed by atoms with E-state index in [1.54, 1.807) is 0 Å². The molecule has 1 N–H and O–H groups in total. The van der Waals surface area contributed by atoms with Crippen molar-refractivity contribution in [1.82, 2.24) is 5.32 Å². The van der Waals surface area contributed by atoms with Crippen LogP contribution in [-0.4, -0.2) is 26.3 Å². The Bertz CT molecular complexity index is 105. The predicted octanol–water partition coefficient (Wildman–Crippen LogP) is 3.86. The minimum absolute atomic E-state index is 0.750. The Balaban J connectivity index is 0. The quantitative estimate of drug-likeness (QED) is 0.577. The Morgan fingerprint density at radius 3 is 2.19 bits per heavy atom. The molecule has 0 fully saturated rings. The van der Waals surface area contributed by atoms with Crippen LogP contribution in [0, 0.1) is 5.92 Å². The van der Waals surface area contributed by atoms with Crippen molar-refractivity contribution in [3.8, 4) is 0 Å². The van der Waals surface area contributed by atoms with E-state index in [9.17, 15) is 0 Å². The molecule has 0 amide bonds. The highest BCUT2D eigenvalue weighted by atomic mass is 16.5. The molecule has 2 heteroatoms. The summed E-state index contributed by atoms with van der Waals surface area (Å²) in [6.07, 6.45) is 4.93. The number of hydrogen-bond acceptors (Lipinski definition) is 2. The molecule has 0 aromatic heterocycles. The van der Waals surface area contributed by atoms with E-state index in [0.717, 1.165) is 38.6 Å². The first-order valence-corrected chi connectivity index (χ1v) is 7.05. The van der Waals surface area contributed by atoms with E-state index in [1.807, 2.05) is 13.8 Å². The molecule has 16 heavy (non-hydrogen) atoms. The fourth-order valence-electron chi connectivity index (χ4n) is 1.25. The van der Waals surface area contributed by atoms with Gasteiger partial charge in [0.05, 0.1) is 0 Å². The van der Waals surface area contributed by atoms with E-state index in [0.29, 0.717) is 0 Å². The van der Waals surface area contributed by atoms with Crippen LogP contribution in [0.1, 0.15) is 60.3 Å². The Kier molecular flexibility index (Phi) is 19.8. The monoisotopic (exact) mass is 231 g/mol. The largest absolute Gasteiger partial charge is 0.381 e. The third kappa shape index (κ3) is 19.5. The molecule has 0 aromatic rings. The van der Waals surface area contributed by atoms with Crippen molar-refractivity contribution in [2.24, 2.45) is 5.92 Å². The Hall–Kier alpha value is -0.0800. The van der Waals surface area contributed by atoms with E-state index in [1.165, 1.54) is 19.3 Å². The summed E-state index contributed by atoms with van der Waals surface area (Å²) in [6, 6.07) is 0. The summed E-state index contributed by atoms with van der Waals surface area (Å²) in [5.74, 6) is 0.750. The average Bonchev–Trinajstić information content (AvgIpc) is 2.29. The van der Waals surface area contributed by atoms with Crippen LogP contribution in [0.25, 0.3) is 0 Å². The summed E-state index contributed by atoms with van der Waals surface area (Å²) >= 11 is 0. The molecule has 2 nitrogen and oxygen atoms in total. The molecule has 0 aromatic carbocycles. The topological polar surface area (TPSA) is 21.3 Å². The Morgan fingerprint density at radius 2 is 1.62 bits per heavy atom. The van der Waals surface area contributed by atoms with Gasteiger partial charge in [-0.15, -0.1) is 0 Å². The maximum Gasteiger partial charge on any atom is 0.0478 e. The number of nitrogens with one attached hydrogen (secondary N) is 1. The molecule has 0 spiro atoms. The lowest BCUT2D eigenvalue weighted by atomic mass is 10.2. The van der Waals surface area contributed by atoms with Gasteiger partial charge in [0.2, 0.25) is 0 Å². The minimum Gasteiger partial charge on any atom is -0.381 e. The molecule has 0 aliphatic carbocycles. The summed E-state index contributed by atoms with van der Waals surface area (Å²) in [5.41, 5.74) is 0. The second-order valence-corrected chi connectivity index (χ2v) is 4.27. The Morgan fingerprint density at radius 1 is 1.00 bits per heavy atom. The minimum atomic E-state index is 0.750. The summed E-state index contributed by atoms with van der Waals surface area (Å²) in [7, 11) is 0. The van der Waals surface area contributed by atoms with Gasteiger partial charge in [-0.25, -0.2) is 0 Å². The molecule has 0 rings (SSSR count). The van der Waals surface area contributed by atoms with E-state index in [4.69, 9.17) is 4.74 Å². The van der Waals surface area contributed by atoms with Gasteiger partial charge in [-0.3, -0.25) is 0 Å². The number of unbranched alkanes of at least 4 members (excludes halogenated alkanes) is 2. The second-order valence-electron chi connectivity index (χ2n) is 4.27. The molecule has 0 aliphatic heterocycles. The molecule has 0 bridgehead atoms. The molecule has 0 unspecified atom stereocenters. The van der Waals surface area contributed by atoms with Crippen molar-refractivity contribution in [1.29, 1.82) is 0 Å². The van der Waals surface area contributed by atoms with Gasteiger partial charge >= 0.3 is 0 Å². The molecule has 0 saturated carbocycles. The van der Waals surface area contributed by atoms with E-state index >= 15 is 0 Å². The first-order chi connectivity index (χ1) is 7.77. The zero-order valence-electron chi connectivity index (χ0n) is 12.1. The van der Waals surface area contributed by atoms with Crippen molar-refractivity contribution in [2.75, 3.05) is 26.3 Å². The van der Waals surface area contributed by atoms with Crippen molar-refractivity contribution in [3.63, 3.8) is 0 Å². The van der Waals surface area contributed by atoms with Gasteiger partial charge in [-0.05, 0) is 31.8 Å². The fraction of sp³-hybridized carbons (Fsp3) is 1.00. The van der Waals surface area contributed by atoms with Gasteiger partial charge in [0, 0.05) is 13.2 Å². The van der Waals surface area contributed by atoms with Crippen LogP contribution in [0.5, 0.6) is 0 Å². The van der Waals surface area contributed by atoms with Gasteiger partial charge in [0.25, 0.3) is 0 Å². The molecule has 0 atom stereocenters. The first kappa shape index (κ1) is 18.3. The van der Waals surface area contributed by atoms with Crippen molar-refractivity contribution < 1.29 is 4.74 Å². The van der Waals surface area contributed by atoms with Crippen molar-refractivity contribution in [2.45, 2.75) is 60.3 Å². The van der Waals surface area contributed by atoms with Gasteiger partial charge in [0.15, 0.2) is 0 Å². The summed E-state index contributed by atoms with van der Waals surface area (Å²) in [6.45, 7) is 14.7. The highest BCUT2D eigenvalue weighted by Crippen LogP contribution is 1.94. The van der Waals surface area contributed by atoms with Crippen LogP contribution >= 0.6 is 0 Å². The zero-order valence-corrected chi connectivity index (χ0v) is 12.1. The van der Waals surface area contributed by atoms with E-state index in [2.05, 4.69) is 26.1 Å². The lowest BCUT2D eigenvalue weighted by Gasteiger charge is -2.07. The zero-order chi connectivity index (χ0) is 12.6. The van der Waals surface area contributed by atoms with Crippen LogP contribution in [0.3, 0.4) is 0 Å². The molecule has 0 radical (unpaired) electrons. The lowest BCUT2D eigenvalue weighted by molar-refractivity contribution is 0.127. The smallest absolute Gasteiger partial charge is 0.0478 e. The fourth-order valence-corrected chi connectivity index (χ4v) is 1.25. The van der Waals surface area contributed by atoms with Crippen molar-refractivity contribution in [3.05, 3.63) is 0 Å². The molecular formula is C14H33NO. The molecular weight excluding hydrogens is 198 g/mol. The maximum absolute atomic E-state index is 5.50. The standard InChI is InChI=1S/C12H27NO.C2H6/c1-4-5-6-9-14-10-7-8-13-11-12(2)3;1-2/h12-13H,4-11H2,1-3H3;1-2H3. The second kappa shape index (κ2) is 17.3. The molecule has 0 saturated heterocycles. The maximum atomic E-state index is 5.50. The lowest BCUT2D eigenvalue weighted by Crippen LogP contribution is -2.21. The van der Waals surface area contributed by atoms with Crippen LogP contribution in [0.4, 0.5) is 0 Å². The molecule has 100 valence electrons. The third-order valence-electron chi connectivity index (χ3n) is 2.09. The number of hydrogen-bond donors (Lipinski definition) is 1. The van der Waals surface area contributed by atoms with Crippen molar-refractivity contribution >= 4 is 0 Å². The molecule has 0 aliphatic rings. The summed E-state index contributed by atoms with van der Waals surface area (Å²) in [4.78, 5) is 0. The summed E-state index contributed by atoms with van der Waals surface area (Å²) < 4.78 is 5.50. The summed E-state index contributed by atoms with van der Waals surface area (Å²) in [5, 5.41) is 3.41. The average molecular weight is 231 g/mol. The van der Waals surface area contributed by atoms with E-state index < -0.39 is 0 Å². The Labute approximate surface area is 103 Å². The van der Waals surface area contributed by atoms with Gasteiger partial charge in [0.1, 0.15) is 0 Å². The predicted molar refractivity (Wildman–Crippen MR) is 74.0 cm³/mol. The third-order valence-corrected chi connectivity index (χ3v) is 2.09. The van der Waals surface area contributed by atoms with Crippen LogP contribution in [0.15, 0.2) is 0 Å². The molecule has 0 heterocycles. The number of rotatable bonds is 10. The van der Waals surface area contributed by atoms with E-state index in [-0.39, 0.29) is 0 Å². The van der Waals surface area contributed by atoms with Gasteiger partial charge < -0.3 is 10.1 Å². The van der Waals surface area contributed by atoms with Gasteiger partial charge in [-0.1, -0.05) is 47.5 Å². The number of ether oxygens (including phenoxy) is 1. The van der Waals surface area contributed by atoms with Crippen LogP contribution in [0.2, 0.25) is 0 Å². The normalized spacial score (nSPS) is 10.1. The highest BCUT2D eigenvalue weighted by Gasteiger charge is 1.92. The van der Waals surface area contributed by atoms with Crippen LogP contribution in [-0.2, 0) is 4.74 Å².